The van der Waals surface area contributed by atoms with Crippen molar-refractivity contribution in [2.24, 2.45) is 11.8 Å². The minimum Gasteiger partial charge on any atom is -0.374 e. The summed E-state index contributed by atoms with van der Waals surface area (Å²) in [4.78, 5) is 13.9. The van der Waals surface area contributed by atoms with Crippen LogP contribution in [0.2, 0.25) is 0 Å². The van der Waals surface area contributed by atoms with Gasteiger partial charge in [0.1, 0.15) is 5.82 Å². The maximum Gasteiger partial charge on any atom is 0.416 e. The summed E-state index contributed by atoms with van der Waals surface area (Å²) in [5, 5.41) is 0. The summed E-state index contributed by atoms with van der Waals surface area (Å²) in [5.74, 6) is -0.894. The van der Waals surface area contributed by atoms with Gasteiger partial charge in [-0.05, 0) is 60.7 Å². The van der Waals surface area contributed by atoms with E-state index in [-0.39, 0.29) is 35.9 Å². The Hall–Kier alpha value is -2.92. The second-order valence-corrected chi connectivity index (χ2v) is 10.3. The standard InChI is InChI=1S/C28H26F7NO3/c1-15(17-8-19(27(30,31)32)10-20(9-17)28(33,34)35)39-26-25(16-2-4-21(29)5-3-16)24-13-36(12-18(24)14-38-26)22-6-7-23(37)11-22/h2-5,8-11,15,18,24-26H,6-7,12-14H2,1H3/t15-,18-,24-,25+,26-/m1/s1. The Bertz CT molecular complexity index is 1220. The number of halogens is 7. The van der Waals surface area contributed by atoms with Gasteiger partial charge in [-0.25, -0.2) is 4.39 Å². The van der Waals surface area contributed by atoms with Gasteiger partial charge >= 0.3 is 12.4 Å². The number of hydrogen-bond donors (Lipinski definition) is 0. The molecule has 0 saturated carbocycles. The molecule has 3 aliphatic rings. The zero-order valence-electron chi connectivity index (χ0n) is 20.9. The lowest BCUT2D eigenvalue weighted by atomic mass is 9.77. The molecule has 0 spiro atoms. The third-order valence-electron chi connectivity index (χ3n) is 7.75. The molecular weight excluding hydrogens is 531 g/mol. The molecule has 2 aromatic rings. The van der Waals surface area contributed by atoms with Gasteiger partial charge in [0.05, 0.1) is 23.8 Å². The van der Waals surface area contributed by atoms with Gasteiger partial charge in [0.15, 0.2) is 12.1 Å². The number of benzene rings is 2. The van der Waals surface area contributed by atoms with Crippen LogP contribution in [0.1, 0.15) is 54.0 Å². The van der Waals surface area contributed by atoms with E-state index in [0.717, 1.165) is 5.70 Å². The third-order valence-corrected chi connectivity index (χ3v) is 7.75. The molecule has 2 heterocycles. The van der Waals surface area contributed by atoms with Gasteiger partial charge in [-0.2, -0.15) is 26.3 Å². The maximum atomic E-state index is 13.7. The molecule has 2 fully saturated rings. The first-order valence-electron chi connectivity index (χ1n) is 12.6. The van der Waals surface area contributed by atoms with Gasteiger partial charge in [-0.15, -0.1) is 0 Å². The van der Waals surface area contributed by atoms with E-state index in [0.29, 0.717) is 43.6 Å². The molecular formula is C28H26F7NO3. The number of nitrogens with zero attached hydrogens (tertiary/aromatic N) is 1. The normalized spacial score (nSPS) is 26.5. The van der Waals surface area contributed by atoms with Crippen LogP contribution >= 0.6 is 0 Å². The van der Waals surface area contributed by atoms with Crippen molar-refractivity contribution in [1.29, 1.82) is 0 Å². The van der Waals surface area contributed by atoms with E-state index in [4.69, 9.17) is 9.47 Å². The molecule has 11 heteroatoms. The quantitative estimate of drug-likeness (QED) is 0.376. The van der Waals surface area contributed by atoms with Crippen molar-refractivity contribution in [2.75, 3.05) is 19.7 Å². The number of likely N-dealkylation sites (tertiary alicyclic amines) is 1. The zero-order chi connectivity index (χ0) is 28.1. The van der Waals surface area contributed by atoms with Gasteiger partial charge in [0.2, 0.25) is 0 Å². The molecule has 2 aromatic carbocycles. The molecule has 2 aliphatic heterocycles. The van der Waals surface area contributed by atoms with Gasteiger partial charge in [-0.1, -0.05) is 12.1 Å². The van der Waals surface area contributed by atoms with Crippen molar-refractivity contribution >= 4 is 5.78 Å². The molecule has 1 aliphatic carbocycles. The Morgan fingerprint density at radius 1 is 0.949 bits per heavy atom. The van der Waals surface area contributed by atoms with Crippen molar-refractivity contribution in [1.82, 2.24) is 4.90 Å². The topological polar surface area (TPSA) is 38.8 Å². The van der Waals surface area contributed by atoms with Crippen molar-refractivity contribution in [3.8, 4) is 0 Å². The molecule has 0 radical (unpaired) electrons. The molecule has 0 aromatic heterocycles. The molecule has 39 heavy (non-hydrogen) atoms. The van der Waals surface area contributed by atoms with Gasteiger partial charge < -0.3 is 14.4 Å². The van der Waals surface area contributed by atoms with Gasteiger partial charge in [0.25, 0.3) is 0 Å². The Kier molecular flexibility index (Phi) is 7.26. The van der Waals surface area contributed by atoms with Crippen molar-refractivity contribution in [3.05, 3.63) is 82.3 Å². The zero-order valence-corrected chi connectivity index (χ0v) is 20.9. The van der Waals surface area contributed by atoms with Crippen LogP contribution in [-0.4, -0.2) is 36.7 Å². The molecule has 0 amide bonds. The summed E-state index contributed by atoms with van der Waals surface area (Å²) in [6, 6.07) is 7.12. The smallest absolute Gasteiger partial charge is 0.374 e. The Morgan fingerprint density at radius 3 is 2.15 bits per heavy atom. The summed E-state index contributed by atoms with van der Waals surface area (Å²) in [7, 11) is 0. The number of carbonyl (C=O) groups is 1. The second kappa shape index (κ2) is 10.2. The minimum atomic E-state index is -4.98. The highest BCUT2D eigenvalue weighted by Gasteiger charge is 2.48. The Labute approximate surface area is 220 Å². The summed E-state index contributed by atoms with van der Waals surface area (Å²) in [6.07, 6.45) is -9.43. The van der Waals surface area contributed by atoms with Crippen molar-refractivity contribution < 1.29 is 45.0 Å². The van der Waals surface area contributed by atoms with Crippen LogP contribution in [0.4, 0.5) is 30.7 Å². The van der Waals surface area contributed by atoms with Crippen LogP contribution in [0, 0.1) is 17.7 Å². The van der Waals surface area contributed by atoms with Gasteiger partial charge in [0, 0.05) is 43.1 Å². The number of fused-ring (bicyclic) bond motifs is 1. The fourth-order valence-corrected chi connectivity index (χ4v) is 5.78. The number of hydrogen-bond acceptors (Lipinski definition) is 4. The first-order chi connectivity index (χ1) is 18.3. The Morgan fingerprint density at radius 2 is 1.59 bits per heavy atom. The van der Waals surface area contributed by atoms with E-state index >= 15 is 0 Å². The summed E-state index contributed by atoms with van der Waals surface area (Å²) >= 11 is 0. The molecule has 0 bridgehead atoms. The van der Waals surface area contributed by atoms with Crippen LogP contribution in [0.15, 0.2) is 54.2 Å². The lowest BCUT2D eigenvalue weighted by Gasteiger charge is -2.40. The minimum absolute atomic E-state index is 0.0391. The SMILES string of the molecule is C[C@@H](O[C@H]1OC[C@H]2CN(C3=CC(=O)CC3)C[C@H]2[C@@H]1c1ccc(F)cc1)c1cc(C(F)(F)F)cc(C(F)(F)F)c1. The maximum absolute atomic E-state index is 13.7. The first-order valence-corrected chi connectivity index (χ1v) is 12.6. The van der Waals surface area contributed by atoms with Crippen LogP contribution in [0.5, 0.6) is 0 Å². The number of ether oxygens (including phenoxy) is 2. The van der Waals surface area contributed by atoms with Crippen LogP contribution in [0.25, 0.3) is 0 Å². The monoisotopic (exact) mass is 557 g/mol. The number of allylic oxidation sites excluding steroid dienone is 2. The molecule has 5 rings (SSSR count). The van der Waals surface area contributed by atoms with E-state index < -0.39 is 47.6 Å². The summed E-state index contributed by atoms with van der Waals surface area (Å²) in [6.45, 7) is 2.83. The molecule has 2 saturated heterocycles. The van der Waals surface area contributed by atoms with E-state index in [1.54, 1.807) is 18.2 Å². The second-order valence-electron chi connectivity index (χ2n) is 10.3. The predicted molar refractivity (Wildman–Crippen MR) is 126 cm³/mol. The lowest BCUT2D eigenvalue weighted by Crippen LogP contribution is -2.42. The summed E-state index contributed by atoms with van der Waals surface area (Å²) < 4.78 is 106. The van der Waals surface area contributed by atoms with E-state index in [2.05, 4.69) is 4.90 Å². The van der Waals surface area contributed by atoms with E-state index in [1.165, 1.54) is 19.1 Å². The average molecular weight is 558 g/mol. The highest BCUT2D eigenvalue weighted by Crippen LogP contribution is 2.46. The molecule has 5 atom stereocenters. The molecule has 0 unspecified atom stereocenters. The van der Waals surface area contributed by atoms with Crippen LogP contribution < -0.4 is 0 Å². The van der Waals surface area contributed by atoms with E-state index in [9.17, 15) is 35.5 Å². The highest BCUT2D eigenvalue weighted by atomic mass is 19.4. The van der Waals surface area contributed by atoms with Crippen molar-refractivity contribution in [2.45, 2.75) is 50.4 Å². The number of ketones is 1. The van der Waals surface area contributed by atoms with Gasteiger partial charge in [-0.3, -0.25) is 4.79 Å². The number of alkyl halides is 6. The molecule has 210 valence electrons. The fourth-order valence-electron chi connectivity index (χ4n) is 5.78. The van der Waals surface area contributed by atoms with Crippen LogP contribution in [-0.2, 0) is 26.6 Å². The first kappa shape index (κ1) is 27.6. The number of rotatable bonds is 5. The molecule has 0 N–H and O–H groups in total. The fraction of sp³-hybridized carbons (Fsp3) is 0.464. The van der Waals surface area contributed by atoms with Crippen molar-refractivity contribution in [3.63, 3.8) is 0 Å². The lowest BCUT2D eigenvalue weighted by molar-refractivity contribution is -0.217. The van der Waals surface area contributed by atoms with Crippen LogP contribution in [0.3, 0.4) is 0 Å². The molecule has 4 nitrogen and oxygen atoms in total. The highest BCUT2D eigenvalue weighted by molar-refractivity contribution is 5.92. The summed E-state index contributed by atoms with van der Waals surface area (Å²) in [5.41, 5.74) is -1.52. The average Bonchev–Trinajstić information content (AvgIpc) is 3.49. The third kappa shape index (κ3) is 5.84. The number of carbonyl (C=O) groups excluding carboxylic acids is 1. The van der Waals surface area contributed by atoms with E-state index in [1.807, 2.05) is 0 Å². The predicted octanol–water partition coefficient (Wildman–Crippen LogP) is 6.88. The Balaban J connectivity index is 1.45. The largest absolute Gasteiger partial charge is 0.416 e.